The molecule has 0 radical (unpaired) electrons. The zero-order chi connectivity index (χ0) is 14.5. The van der Waals surface area contributed by atoms with Crippen LogP contribution in [0.3, 0.4) is 0 Å². The summed E-state index contributed by atoms with van der Waals surface area (Å²) in [5.41, 5.74) is 1.86. The summed E-state index contributed by atoms with van der Waals surface area (Å²) in [6.45, 7) is 1.88. The molecule has 0 aliphatic rings. The topological polar surface area (TPSA) is 82.2 Å². The number of carbonyl (C=O) groups is 2. The molecule has 1 amide bonds. The molecule has 1 heterocycles. The summed E-state index contributed by atoms with van der Waals surface area (Å²) < 4.78 is 0. The van der Waals surface area contributed by atoms with Crippen molar-refractivity contribution in [2.75, 3.05) is 0 Å². The minimum atomic E-state index is -1.01. The molecular formula is C15H20CaN2O3. The molecule has 0 saturated heterocycles. The number of para-hydroxylation sites is 1. The van der Waals surface area contributed by atoms with Crippen molar-refractivity contribution in [3.05, 3.63) is 36.0 Å². The van der Waals surface area contributed by atoms with Gasteiger partial charge in [0.15, 0.2) is 0 Å². The number of rotatable bonds is 6. The van der Waals surface area contributed by atoms with Crippen molar-refractivity contribution in [1.29, 1.82) is 0 Å². The van der Waals surface area contributed by atoms with E-state index in [2.05, 4.69) is 10.3 Å². The molecule has 0 fully saturated rings. The second kappa shape index (κ2) is 8.41. The summed E-state index contributed by atoms with van der Waals surface area (Å²) in [5.74, 6) is -1.24. The first-order valence-corrected chi connectivity index (χ1v) is 6.69. The third kappa shape index (κ3) is 4.73. The number of carbonyl (C=O) groups excluding carboxylic acids is 1. The standard InChI is InChI=1S/C15H18N2O3.Ca.2H/c1-2-5-14(18)17-13(15(19)20)8-10-9-16-12-7-4-3-6-11(10)12;;;/h3-4,6-7,9,13,16H,2,5,8H2,1H3,(H,17,18)(H,19,20);;;/q;+2;2*-1/t13-;;;/m0.../s1. The fourth-order valence-corrected chi connectivity index (χ4v) is 2.21. The van der Waals surface area contributed by atoms with Crippen LogP contribution in [0.2, 0.25) is 0 Å². The number of fused-ring (bicyclic) bond motifs is 1. The summed E-state index contributed by atoms with van der Waals surface area (Å²) in [7, 11) is 0. The Morgan fingerprint density at radius 1 is 1.38 bits per heavy atom. The molecule has 3 N–H and O–H groups in total. The number of aliphatic carboxylic acids is 1. The van der Waals surface area contributed by atoms with Crippen LogP contribution in [0.25, 0.3) is 10.9 Å². The molecule has 0 bridgehead atoms. The predicted molar refractivity (Wildman–Crippen MR) is 84.5 cm³/mol. The van der Waals surface area contributed by atoms with E-state index in [1.54, 1.807) is 6.20 Å². The van der Waals surface area contributed by atoms with Crippen molar-refractivity contribution in [3.8, 4) is 0 Å². The number of carboxylic acids is 1. The summed E-state index contributed by atoms with van der Waals surface area (Å²) in [6.07, 6.45) is 3.12. The Hall–Kier alpha value is -1.04. The van der Waals surface area contributed by atoms with Crippen molar-refractivity contribution in [2.24, 2.45) is 0 Å². The van der Waals surface area contributed by atoms with E-state index in [1.807, 2.05) is 31.2 Å². The molecule has 6 heteroatoms. The van der Waals surface area contributed by atoms with Crippen molar-refractivity contribution in [3.63, 3.8) is 0 Å². The third-order valence-corrected chi connectivity index (χ3v) is 3.21. The van der Waals surface area contributed by atoms with E-state index in [9.17, 15) is 14.7 Å². The van der Waals surface area contributed by atoms with Crippen LogP contribution in [0.5, 0.6) is 0 Å². The van der Waals surface area contributed by atoms with Crippen LogP contribution >= 0.6 is 0 Å². The molecule has 2 aromatic rings. The van der Waals surface area contributed by atoms with Crippen LogP contribution < -0.4 is 5.32 Å². The van der Waals surface area contributed by atoms with Crippen LogP contribution in [0, 0.1) is 0 Å². The van der Waals surface area contributed by atoms with E-state index >= 15 is 0 Å². The van der Waals surface area contributed by atoms with Gasteiger partial charge in [-0.15, -0.1) is 0 Å². The molecule has 0 spiro atoms. The molecule has 2 rings (SSSR count). The number of H-pyrrole nitrogens is 1. The summed E-state index contributed by atoms with van der Waals surface area (Å²) in [5, 5.41) is 12.8. The number of carboxylic acid groups (broad SMARTS) is 1. The van der Waals surface area contributed by atoms with Gasteiger partial charge in [-0.2, -0.15) is 0 Å². The van der Waals surface area contributed by atoms with Gasteiger partial charge in [-0.1, -0.05) is 25.1 Å². The predicted octanol–water partition coefficient (Wildman–Crippen LogP) is 1.92. The maximum atomic E-state index is 11.6. The van der Waals surface area contributed by atoms with Gasteiger partial charge in [0.25, 0.3) is 0 Å². The summed E-state index contributed by atoms with van der Waals surface area (Å²) in [4.78, 5) is 25.9. The van der Waals surface area contributed by atoms with E-state index in [0.717, 1.165) is 16.5 Å². The molecule has 0 saturated carbocycles. The van der Waals surface area contributed by atoms with E-state index in [0.29, 0.717) is 12.8 Å². The second-order valence-electron chi connectivity index (χ2n) is 4.77. The van der Waals surface area contributed by atoms with E-state index in [1.165, 1.54) is 0 Å². The molecule has 21 heavy (non-hydrogen) atoms. The minimum absolute atomic E-state index is 0. The molecule has 0 unspecified atom stereocenters. The molecule has 5 nitrogen and oxygen atoms in total. The Morgan fingerprint density at radius 2 is 2.10 bits per heavy atom. The maximum Gasteiger partial charge on any atom is 2.00 e. The van der Waals surface area contributed by atoms with Gasteiger partial charge in [0, 0.05) is 29.9 Å². The number of hydrogen-bond acceptors (Lipinski definition) is 2. The normalized spacial score (nSPS) is 11.7. The average molecular weight is 316 g/mol. The number of nitrogens with one attached hydrogen (secondary N) is 2. The number of aromatic nitrogens is 1. The van der Waals surface area contributed by atoms with E-state index in [-0.39, 0.29) is 52.9 Å². The van der Waals surface area contributed by atoms with Gasteiger partial charge in [0.2, 0.25) is 5.91 Å². The number of benzene rings is 1. The first-order chi connectivity index (χ1) is 9.61. The average Bonchev–Trinajstić information content (AvgIpc) is 2.82. The van der Waals surface area contributed by atoms with Gasteiger partial charge in [-0.3, -0.25) is 4.79 Å². The summed E-state index contributed by atoms with van der Waals surface area (Å²) >= 11 is 0. The van der Waals surface area contributed by atoms with E-state index in [4.69, 9.17) is 0 Å². The van der Waals surface area contributed by atoms with Crippen molar-refractivity contribution in [2.45, 2.75) is 32.2 Å². The van der Waals surface area contributed by atoms with Crippen LogP contribution in [0.4, 0.5) is 0 Å². The number of amides is 1. The molecule has 1 atom stereocenters. The Kier molecular flexibility index (Phi) is 7.22. The van der Waals surface area contributed by atoms with Gasteiger partial charge in [0.1, 0.15) is 6.04 Å². The monoisotopic (exact) mass is 316 g/mol. The van der Waals surface area contributed by atoms with Gasteiger partial charge in [-0.25, -0.2) is 4.79 Å². The number of aromatic amines is 1. The Morgan fingerprint density at radius 3 is 2.76 bits per heavy atom. The van der Waals surface area contributed by atoms with Gasteiger partial charge in [0.05, 0.1) is 0 Å². The van der Waals surface area contributed by atoms with Gasteiger partial charge >= 0.3 is 43.7 Å². The molecular weight excluding hydrogens is 296 g/mol. The van der Waals surface area contributed by atoms with Gasteiger partial charge < -0.3 is 18.3 Å². The quantitative estimate of drug-likeness (QED) is 0.712. The van der Waals surface area contributed by atoms with Crippen LogP contribution in [0.1, 0.15) is 28.2 Å². The molecule has 1 aromatic heterocycles. The zero-order valence-corrected chi connectivity index (χ0v) is 14.3. The second-order valence-corrected chi connectivity index (χ2v) is 4.77. The molecule has 0 aliphatic heterocycles. The molecule has 0 aliphatic carbocycles. The molecule has 110 valence electrons. The summed E-state index contributed by atoms with van der Waals surface area (Å²) in [6, 6.07) is 6.80. The van der Waals surface area contributed by atoms with Crippen LogP contribution in [0.15, 0.2) is 30.5 Å². The fourth-order valence-electron chi connectivity index (χ4n) is 2.21. The smallest absolute Gasteiger partial charge is 1.00 e. The van der Waals surface area contributed by atoms with E-state index < -0.39 is 12.0 Å². The largest absolute Gasteiger partial charge is 2.00 e. The SMILES string of the molecule is CCCC(=O)N[C@@H](Cc1c[nH]c2ccccc12)C(=O)O.[Ca+2].[H-].[H-]. The van der Waals surface area contributed by atoms with Crippen molar-refractivity contribution in [1.82, 2.24) is 10.3 Å². The Labute approximate surface area is 156 Å². The Bertz CT molecular complexity index is 634. The maximum absolute atomic E-state index is 11.6. The van der Waals surface area contributed by atoms with Crippen LogP contribution in [-0.2, 0) is 16.0 Å². The number of hydrogen-bond donors (Lipinski definition) is 3. The fraction of sp³-hybridized carbons (Fsp3) is 0.333. The van der Waals surface area contributed by atoms with Crippen molar-refractivity contribution < 1.29 is 17.5 Å². The van der Waals surface area contributed by atoms with Gasteiger partial charge in [-0.05, 0) is 18.1 Å². The molecule has 1 aromatic carbocycles. The first kappa shape index (κ1) is 18.0. The van der Waals surface area contributed by atoms with Crippen molar-refractivity contribution >= 4 is 60.5 Å². The third-order valence-electron chi connectivity index (χ3n) is 3.21. The minimum Gasteiger partial charge on any atom is -1.00 e. The van der Waals surface area contributed by atoms with Crippen LogP contribution in [-0.4, -0.2) is 65.7 Å². The Balaban J connectivity index is 0. The first-order valence-electron chi connectivity index (χ1n) is 6.69. The zero-order valence-electron chi connectivity index (χ0n) is 14.1.